The maximum atomic E-state index is 12.4. The Kier molecular flexibility index (Phi) is 3.53. The van der Waals surface area contributed by atoms with E-state index in [9.17, 15) is 9.90 Å². The monoisotopic (exact) mass is 262 g/mol. The first-order valence-electron chi connectivity index (χ1n) is 6.23. The number of nitrogens with one attached hydrogen (secondary N) is 1. The van der Waals surface area contributed by atoms with Gasteiger partial charge in [0, 0.05) is 18.7 Å². The Balaban J connectivity index is 2.25. The number of amides is 1. The van der Waals surface area contributed by atoms with Crippen molar-refractivity contribution in [3.63, 3.8) is 0 Å². The molecule has 2 rings (SSSR count). The minimum Gasteiger partial charge on any atom is -0.389 e. The predicted octanol–water partition coefficient (Wildman–Crippen LogP) is 1.19. The maximum absolute atomic E-state index is 12.4. The number of rotatable bonds is 4. The number of nitrogens with zero attached hydrogens (tertiary/aromatic N) is 3. The molecular weight excluding hydrogens is 244 g/mol. The number of carbonyl (C=O) groups excluding carboxylic acids is 1. The third kappa shape index (κ3) is 3.08. The van der Waals surface area contributed by atoms with Crippen LogP contribution in [0.5, 0.6) is 0 Å². The van der Waals surface area contributed by atoms with Crippen LogP contribution in [0, 0.1) is 0 Å². The van der Waals surface area contributed by atoms with E-state index in [4.69, 9.17) is 0 Å². The van der Waals surface area contributed by atoms with Crippen LogP contribution in [0.1, 0.15) is 31.1 Å². The summed E-state index contributed by atoms with van der Waals surface area (Å²) in [5.41, 5.74) is 1.02. The van der Waals surface area contributed by atoms with Crippen LogP contribution in [0.15, 0.2) is 18.2 Å². The van der Waals surface area contributed by atoms with E-state index in [2.05, 4.69) is 15.4 Å². The van der Waals surface area contributed by atoms with Crippen molar-refractivity contribution < 1.29 is 9.90 Å². The summed E-state index contributed by atoms with van der Waals surface area (Å²) in [5.74, 6) is -0.116. The summed E-state index contributed by atoms with van der Waals surface area (Å²) < 4.78 is 0. The first kappa shape index (κ1) is 13.5. The molecule has 1 amide bonds. The van der Waals surface area contributed by atoms with Gasteiger partial charge in [-0.25, -0.2) is 0 Å². The molecule has 0 saturated heterocycles. The molecule has 6 heteroatoms. The van der Waals surface area contributed by atoms with Crippen molar-refractivity contribution >= 4 is 16.9 Å². The van der Waals surface area contributed by atoms with E-state index in [1.807, 2.05) is 6.92 Å². The van der Waals surface area contributed by atoms with Gasteiger partial charge in [-0.3, -0.25) is 4.79 Å². The zero-order valence-corrected chi connectivity index (χ0v) is 11.3. The fourth-order valence-corrected chi connectivity index (χ4v) is 1.95. The van der Waals surface area contributed by atoms with Gasteiger partial charge < -0.3 is 10.0 Å². The van der Waals surface area contributed by atoms with Crippen LogP contribution in [0.2, 0.25) is 0 Å². The van der Waals surface area contributed by atoms with Crippen LogP contribution in [0.3, 0.4) is 0 Å². The lowest BCUT2D eigenvalue weighted by molar-refractivity contribution is 0.0315. The number of benzene rings is 1. The Morgan fingerprint density at radius 2 is 2.05 bits per heavy atom. The highest BCUT2D eigenvalue weighted by Crippen LogP contribution is 2.14. The number of aromatic nitrogens is 3. The topological polar surface area (TPSA) is 82.1 Å². The van der Waals surface area contributed by atoms with Crippen molar-refractivity contribution in [3.05, 3.63) is 23.8 Å². The highest BCUT2D eigenvalue weighted by Gasteiger charge is 2.22. The molecule has 2 N–H and O–H groups in total. The van der Waals surface area contributed by atoms with Crippen molar-refractivity contribution in [3.8, 4) is 0 Å². The lowest BCUT2D eigenvalue weighted by Crippen LogP contribution is -2.42. The van der Waals surface area contributed by atoms with Crippen molar-refractivity contribution in [1.82, 2.24) is 20.3 Å². The van der Waals surface area contributed by atoms with Gasteiger partial charge in [0.15, 0.2) is 0 Å². The summed E-state index contributed by atoms with van der Waals surface area (Å²) in [6.45, 7) is 6.09. The molecule has 1 aromatic carbocycles. The second-order valence-electron chi connectivity index (χ2n) is 5.16. The predicted molar refractivity (Wildman–Crippen MR) is 71.8 cm³/mol. The van der Waals surface area contributed by atoms with Crippen LogP contribution in [0.4, 0.5) is 0 Å². The lowest BCUT2D eigenvalue weighted by Gasteiger charge is -2.28. The quantitative estimate of drug-likeness (QED) is 0.867. The number of aromatic amines is 1. The number of carbonyl (C=O) groups is 1. The van der Waals surface area contributed by atoms with E-state index in [1.165, 1.54) is 0 Å². The number of hydrogen-bond acceptors (Lipinski definition) is 4. The molecule has 0 atom stereocenters. The van der Waals surface area contributed by atoms with Crippen LogP contribution in [0.25, 0.3) is 11.0 Å². The molecule has 1 aromatic heterocycles. The van der Waals surface area contributed by atoms with Crippen LogP contribution in [-0.4, -0.2) is 50.0 Å². The minimum atomic E-state index is -0.913. The van der Waals surface area contributed by atoms with Crippen molar-refractivity contribution in [2.24, 2.45) is 0 Å². The molecule has 102 valence electrons. The molecule has 6 nitrogen and oxygen atoms in total. The van der Waals surface area contributed by atoms with E-state index in [1.54, 1.807) is 36.9 Å². The molecular formula is C13H18N4O2. The molecule has 1 heterocycles. The first-order valence-corrected chi connectivity index (χ1v) is 6.23. The third-order valence-corrected chi connectivity index (χ3v) is 2.81. The average Bonchev–Trinajstić information content (AvgIpc) is 2.81. The number of hydrogen-bond donors (Lipinski definition) is 2. The van der Waals surface area contributed by atoms with E-state index in [0.717, 1.165) is 5.52 Å². The summed E-state index contributed by atoms with van der Waals surface area (Å²) in [7, 11) is 0. The Hall–Kier alpha value is -1.95. The summed E-state index contributed by atoms with van der Waals surface area (Å²) in [6.07, 6.45) is 0. The number of H-pyrrole nitrogens is 1. The van der Waals surface area contributed by atoms with Gasteiger partial charge in [-0.2, -0.15) is 15.4 Å². The van der Waals surface area contributed by atoms with Gasteiger partial charge in [0.05, 0.1) is 5.60 Å². The lowest BCUT2D eigenvalue weighted by atomic mass is 10.1. The van der Waals surface area contributed by atoms with E-state index >= 15 is 0 Å². The summed E-state index contributed by atoms with van der Waals surface area (Å²) in [5, 5.41) is 20.3. The van der Waals surface area contributed by atoms with Crippen molar-refractivity contribution in [2.75, 3.05) is 13.1 Å². The second kappa shape index (κ2) is 4.97. The van der Waals surface area contributed by atoms with Gasteiger partial charge in [0.2, 0.25) is 0 Å². The first-order chi connectivity index (χ1) is 8.90. The van der Waals surface area contributed by atoms with E-state index < -0.39 is 5.60 Å². The molecule has 0 aliphatic heterocycles. The fraction of sp³-hybridized carbons (Fsp3) is 0.462. The van der Waals surface area contributed by atoms with Crippen LogP contribution < -0.4 is 0 Å². The van der Waals surface area contributed by atoms with Gasteiger partial charge in [0.1, 0.15) is 11.0 Å². The fourth-order valence-electron chi connectivity index (χ4n) is 1.95. The highest BCUT2D eigenvalue weighted by molar-refractivity contribution is 5.97. The zero-order valence-electron chi connectivity index (χ0n) is 11.3. The molecule has 0 aliphatic carbocycles. The minimum absolute atomic E-state index is 0.116. The maximum Gasteiger partial charge on any atom is 0.254 e. The van der Waals surface area contributed by atoms with Gasteiger partial charge >= 0.3 is 0 Å². The van der Waals surface area contributed by atoms with Crippen LogP contribution in [-0.2, 0) is 0 Å². The third-order valence-electron chi connectivity index (χ3n) is 2.81. The number of fused-ring (bicyclic) bond motifs is 1. The SMILES string of the molecule is CCN(CC(C)(C)O)C(=O)c1ccc2n[nH]nc2c1. The molecule has 0 saturated carbocycles. The summed E-state index contributed by atoms with van der Waals surface area (Å²) in [6, 6.07) is 5.18. The van der Waals surface area contributed by atoms with Crippen molar-refractivity contribution in [2.45, 2.75) is 26.4 Å². The second-order valence-corrected chi connectivity index (χ2v) is 5.16. The molecule has 0 unspecified atom stereocenters. The molecule has 0 radical (unpaired) electrons. The molecule has 0 bridgehead atoms. The summed E-state index contributed by atoms with van der Waals surface area (Å²) >= 11 is 0. The molecule has 19 heavy (non-hydrogen) atoms. The normalized spacial score (nSPS) is 11.8. The smallest absolute Gasteiger partial charge is 0.254 e. The standard InChI is InChI=1S/C13H18N4O2/c1-4-17(8-13(2,3)19)12(18)9-5-6-10-11(7-9)15-16-14-10/h5-7,19H,4,8H2,1-3H3,(H,14,15,16). The molecule has 0 aliphatic rings. The molecule has 0 fully saturated rings. The van der Waals surface area contributed by atoms with E-state index in [0.29, 0.717) is 24.2 Å². The largest absolute Gasteiger partial charge is 0.389 e. The Morgan fingerprint density at radius 3 is 2.68 bits per heavy atom. The van der Waals surface area contributed by atoms with Crippen molar-refractivity contribution in [1.29, 1.82) is 0 Å². The van der Waals surface area contributed by atoms with Gasteiger partial charge in [0.25, 0.3) is 5.91 Å². The Labute approximate surface area is 111 Å². The van der Waals surface area contributed by atoms with Gasteiger partial charge in [-0.05, 0) is 39.0 Å². The Bertz CT molecular complexity index is 586. The van der Waals surface area contributed by atoms with Gasteiger partial charge in [-0.1, -0.05) is 0 Å². The number of aliphatic hydroxyl groups is 1. The summed E-state index contributed by atoms with van der Waals surface area (Å²) in [4.78, 5) is 14.0. The van der Waals surface area contributed by atoms with E-state index in [-0.39, 0.29) is 5.91 Å². The van der Waals surface area contributed by atoms with Gasteiger partial charge in [-0.15, -0.1) is 0 Å². The van der Waals surface area contributed by atoms with Crippen LogP contribution >= 0.6 is 0 Å². The number of likely N-dealkylation sites (N-methyl/N-ethyl adjacent to an activating group) is 1. The zero-order chi connectivity index (χ0) is 14.0. The average molecular weight is 262 g/mol. The molecule has 2 aromatic rings. The highest BCUT2D eigenvalue weighted by atomic mass is 16.3. The Morgan fingerprint density at radius 1 is 1.37 bits per heavy atom. The molecule has 0 spiro atoms.